The van der Waals surface area contributed by atoms with E-state index in [2.05, 4.69) is 5.32 Å². The third-order valence-electron chi connectivity index (χ3n) is 6.35. The predicted octanol–water partition coefficient (Wildman–Crippen LogP) is 2.93. The fourth-order valence-electron chi connectivity index (χ4n) is 4.51. The van der Waals surface area contributed by atoms with E-state index in [1.54, 1.807) is 4.90 Å². The zero-order valence-corrected chi connectivity index (χ0v) is 17.4. The summed E-state index contributed by atoms with van der Waals surface area (Å²) in [5, 5.41) is 2.67. The number of rotatable bonds is 5. The summed E-state index contributed by atoms with van der Waals surface area (Å²) in [4.78, 5) is 41.1. The highest BCUT2D eigenvalue weighted by Gasteiger charge is 2.38. The van der Waals surface area contributed by atoms with Crippen molar-refractivity contribution in [2.24, 2.45) is 11.8 Å². The maximum atomic E-state index is 13.3. The van der Waals surface area contributed by atoms with Crippen molar-refractivity contribution in [2.75, 3.05) is 22.9 Å². The second kappa shape index (κ2) is 8.00. The molecule has 2 fully saturated rings. The van der Waals surface area contributed by atoms with Gasteiger partial charge in [-0.3, -0.25) is 14.4 Å². The molecule has 32 heavy (non-hydrogen) atoms. The number of amides is 3. The molecule has 1 saturated heterocycles. The van der Waals surface area contributed by atoms with E-state index < -0.39 is 17.6 Å². The molecule has 0 radical (unpaired) electrons. The van der Waals surface area contributed by atoms with Gasteiger partial charge in [-0.15, -0.1) is 0 Å². The van der Waals surface area contributed by atoms with Crippen LogP contribution in [-0.2, 0) is 27.3 Å². The first kappa shape index (κ1) is 20.6. The van der Waals surface area contributed by atoms with Crippen molar-refractivity contribution in [3.05, 3.63) is 59.2 Å². The lowest BCUT2D eigenvalue weighted by Gasteiger charge is -2.20. The first-order valence-electron chi connectivity index (χ1n) is 10.9. The molecule has 8 heteroatoms. The number of fused-ring (bicyclic) bond motifs is 1. The van der Waals surface area contributed by atoms with Gasteiger partial charge in [0.05, 0.1) is 5.92 Å². The zero-order valence-electron chi connectivity index (χ0n) is 17.4. The van der Waals surface area contributed by atoms with E-state index >= 15 is 0 Å². The average molecular weight is 439 g/mol. The molecule has 2 heterocycles. The second-order valence-corrected chi connectivity index (χ2v) is 8.73. The van der Waals surface area contributed by atoms with Crippen molar-refractivity contribution in [1.82, 2.24) is 5.32 Å². The van der Waals surface area contributed by atoms with E-state index in [0.717, 1.165) is 54.4 Å². The molecule has 0 unspecified atom stereocenters. The first-order valence-corrected chi connectivity index (χ1v) is 10.9. The molecule has 1 saturated carbocycles. The van der Waals surface area contributed by atoms with E-state index in [-0.39, 0.29) is 43.1 Å². The average Bonchev–Trinajstić information content (AvgIpc) is 3.41. The van der Waals surface area contributed by atoms with E-state index in [1.807, 2.05) is 23.1 Å². The minimum Gasteiger partial charge on any atom is -0.352 e. The minimum atomic E-state index is -0.703. The van der Waals surface area contributed by atoms with Crippen molar-refractivity contribution >= 4 is 29.1 Å². The van der Waals surface area contributed by atoms with Crippen LogP contribution in [0.25, 0.3) is 0 Å². The van der Waals surface area contributed by atoms with Crippen LogP contribution in [0, 0.1) is 23.5 Å². The lowest BCUT2D eigenvalue weighted by molar-refractivity contribution is -0.126. The van der Waals surface area contributed by atoms with Gasteiger partial charge in [-0.1, -0.05) is 0 Å². The van der Waals surface area contributed by atoms with Gasteiger partial charge in [-0.2, -0.15) is 0 Å². The van der Waals surface area contributed by atoms with Crippen LogP contribution in [0.3, 0.4) is 0 Å². The monoisotopic (exact) mass is 439 g/mol. The molecule has 1 atom stereocenters. The number of nitrogens with one attached hydrogen (secondary N) is 1. The highest BCUT2D eigenvalue weighted by atomic mass is 19.1. The standard InChI is InChI=1S/C24H23F2N3O3/c25-18-7-14(8-19(26)11-18)12-27-23(31)17-10-22(30)29(13-17)20-3-4-21-16(9-20)5-6-28(21)24(32)15-1-2-15/h3-4,7-9,11,15,17H,1-2,5-6,10,12-13H2,(H,27,31)/t17-/m1/s1. The fourth-order valence-corrected chi connectivity index (χ4v) is 4.51. The summed E-state index contributed by atoms with van der Waals surface area (Å²) in [6.07, 6.45) is 2.75. The van der Waals surface area contributed by atoms with Crippen LogP contribution in [0.15, 0.2) is 36.4 Å². The smallest absolute Gasteiger partial charge is 0.230 e. The summed E-state index contributed by atoms with van der Waals surface area (Å²) in [5.74, 6) is -2.08. The maximum Gasteiger partial charge on any atom is 0.230 e. The van der Waals surface area contributed by atoms with Gasteiger partial charge in [-0.05, 0) is 60.7 Å². The van der Waals surface area contributed by atoms with Gasteiger partial charge in [0.2, 0.25) is 17.7 Å². The molecule has 1 N–H and O–H groups in total. The summed E-state index contributed by atoms with van der Waals surface area (Å²) in [5.41, 5.74) is 2.98. The first-order chi connectivity index (χ1) is 15.4. The van der Waals surface area contributed by atoms with Crippen LogP contribution in [0.2, 0.25) is 0 Å². The zero-order chi connectivity index (χ0) is 22.4. The van der Waals surface area contributed by atoms with Crippen molar-refractivity contribution in [3.63, 3.8) is 0 Å². The summed E-state index contributed by atoms with van der Waals surface area (Å²) >= 11 is 0. The molecule has 1 aliphatic carbocycles. The number of hydrogen-bond acceptors (Lipinski definition) is 3. The number of anilines is 2. The molecular weight excluding hydrogens is 416 g/mol. The lowest BCUT2D eigenvalue weighted by Crippen LogP contribution is -2.32. The molecular formula is C24H23F2N3O3. The Labute approximate surface area is 184 Å². The fraction of sp³-hybridized carbons (Fsp3) is 0.375. The minimum absolute atomic E-state index is 0.0120. The molecule has 2 aromatic rings. The van der Waals surface area contributed by atoms with Gasteiger partial charge in [0.25, 0.3) is 0 Å². The highest BCUT2D eigenvalue weighted by molar-refractivity contribution is 6.02. The second-order valence-electron chi connectivity index (χ2n) is 8.73. The van der Waals surface area contributed by atoms with Crippen LogP contribution in [0.1, 0.15) is 30.4 Å². The van der Waals surface area contributed by atoms with Gasteiger partial charge < -0.3 is 15.1 Å². The van der Waals surface area contributed by atoms with Gasteiger partial charge in [0.15, 0.2) is 0 Å². The van der Waals surface area contributed by atoms with Crippen molar-refractivity contribution in [2.45, 2.75) is 32.2 Å². The molecule has 0 spiro atoms. The van der Waals surface area contributed by atoms with E-state index in [0.29, 0.717) is 12.1 Å². The normalized spacial score (nSPS) is 19.9. The molecule has 166 valence electrons. The molecule has 3 amide bonds. The van der Waals surface area contributed by atoms with Gasteiger partial charge in [0, 0.05) is 49.4 Å². The summed E-state index contributed by atoms with van der Waals surface area (Å²) in [6, 6.07) is 8.75. The van der Waals surface area contributed by atoms with Gasteiger partial charge >= 0.3 is 0 Å². The van der Waals surface area contributed by atoms with E-state index in [1.165, 1.54) is 0 Å². The predicted molar refractivity (Wildman–Crippen MR) is 114 cm³/mol. The van der Waals surface area contributed by atoms with Crippen LogP contribution < -0.4 is 15.1 Å². The molecule has 2 aliphatic heterocycles. The van der Waals surface area contributed by atoms with Crippen molar-refractivity contribution < 1.29 is 23.2 Å². The number of carbonyl (C=O) groups excluding carboxylic acids is 3. The van der Waals surface area contributed by atoms with Crippen LogP contribution in [-0.4, -0.2) is 30.8 Å². The van der Waals surface area contributed by atoms with Gasteiger partial charge in [0.1, 0.15) is 11.6 Å². The quantitative estimate of drug-likeness (QED) is 0.779. The number of benzene rings is 2. The topological polar surface area (TPSA) is 69.7 Å². The van der Waals surface area contributed by atoms with E-state index in [4.69, 9.17) is 0 Å². The number of hydrogen-bond donors (Lipinski definition) is 1. The number of carbonyl (C=O) groups is 3. The Balaban J connectivity index is 1.24. The summed E-state index contributed by atoms with van der Waals surface area (Å²) < 4.78 is 26.6. The molecule has 2 aromatic carbocycles. The molecule has 0 aromatic heterocycles. The molecule has 6 nitrogen and oxygen atoms in total. The Hall–Kier alpha value is -3.29. The Morgan fingerprint density at radius 2 is 1.78 bits per heavy atom. The Kier molecular flexibility index (Phi) is 5.15. The number of halogens is 2. The SMILES string of the molecule is O=C(NCc1cc(F)cc(F)c1)[C@@H]1CC(=O)N(c2ccc3c(c2)CCN3C(=O)C2CC2)C1. The van der Waals surface area contributed by atoms with Gasteiger partial charge in [-0.25, -0.2) is 8.78 Å². The summed E-state index contributed by atoms with van der Waals surface area (Å²) in [7, 11) is 0. The third kappa shape index (κ3) is 3.97. The molecule has 3 aliphatic rings. The van der Waals surface area contributed by atoms with Crippen molar-refractivity contribution in [3.8, 4) is 0 Å². The van der Waals surface area contributed by atoms with E-state index in [9.17, 15) is 23.2 Å². The third-order valence-corrected chi connectivity index (χ3v) is 6.35. The Morgan fingerprint density at radius 3 is 2.50 bits per heavy atom. The number of nitrogens with zero attached hydrogens (tertiary/aromatic N) is 2. The van der Waals surface area contributed by atoms with Crippen LogP contribution in [0.4, 0.5) is 20.2 Å². The Bertz CT molecular complexity index is 1100. The maximum absolute atomic E-state index is 13.3. The van der Waals surface area contributed by atoms with Crippen molar-refractivity contribution in [1.29, 1.82) is 0 Å². The Morgan fingerprint density at radius 1 is 1.03 bits per heavy atom. The van der Waals surface area contributed by atoms with Crippen LogP contribution >= 0.6 is 0 Å². The largest absolute Gasteiger partial charge is 0.352 e. The lowest BCUT2D eigenvalue weighted by atomic mass is 10.1. The molecule has 5 rings (SSSR count). The summed E-state index contributed by atoms with van der Waals surface area (Å²) in [6.45, 7) is 0.890. The highest BCUT2D eigenvalue weighted by Crippen LogP contribution is 2.38. The molecule has 0 bridgehead atoms. The van der Waals surface area contributed by atoms with Crippen LogP contribution in [0.5, 0.6) is 0 Å².